The fourth-order valence-corrected chi connectivity index (χ4v) is 5.75. The molecule has 0 bridgehead atoms. The van der Waals surface area contributed by atoms with Crippen molar-refractivity contribution in [2.45, 2.75) is 66.1 Å². The summed E-state index contributed by atoms with van der Waals surface area (Å²) in [7, 11) is 1.90. The van der Waals surface area contributed by atoms with Gasteiger partial charge in [-0.1, -0.05) is 44.2 Å². The van der Waals surface area contributed by atoms with Gasteiger partial charge in [-0.15, -0.1) is 0 Å². The maximum absolute atomic E-state index is 9.46. The summed E-state index contributed by atoms with van der Waals surface area (Å²) in [5, 5.41) is 4.24. The summed E-state index contributed by atoms with van der Waals surface area (Å²) in [6.45, 7) is 1.46. The van der Waals surface area contributed by atoms with E-state index in [0.717, 1.165) is 40.1 Å². The Balaban J connectivity index is 1.86. The minimum atomic E-state index is -2.50. The molecule has 0 N–H and O–H groups in total. The van der Waals surface area contributed by atoms with Gasteiger partial charge >= 0.3 is 0 Å². The highest BCUT2D eigenvalue weighted by Gasteiger charge is 2.31. The molecule has 0 aliphatic heterocycles. The second kappa shape index (κ2) is 7.06. The molecule has 0 unspecified atom stereocenters. The number of fused-ring (bicyclic) bond motifs is 8. The van der Waals surface area contributed by atoms with Crippen LogP contribution in [0.3, 0.4) is 0 Å². The molecule has 33 heavy (non-hydrogen) atoms. The van der Waals surface area contributed by atoms with Gasteiger partial charge in [0.2, 0.25) is 5.52 Å². The van der Waals surface area contributed by atoms with Crippen molar-refractivity contribution < 1.29 is 18.6 Å². The Morgan fingerprint density at radius 1 is 0.939 bits per heavy atom. The molecule has 0 spiro atoms. The molecule has 0 amide bonds. The summed E-state index contributed by atoms with van der Waals surface area (Å²) >= 11 is 0. The van der Waals surface area contributed by atoms with Crippen LogP contribution < -0.4 is 4.57 Å². The molecule has 1 saturated carbocycles. The van der Waals surface area contributed by atoms with E-state index in [4.69, 9.17) is 12.6 Å². The average Bonchev–Trinajstić information content (AvgIpc) is 3.27. The minimum absolute atomic E-state index is 0.0762. The molecule has 2 heterocycles. The molecule has 2 heteroatoms. The number of benzene rings is 3. The Morgan fingerprint density at radius 3 is 2.45 bits per heavy atom. The van der Waals surface area contributed by atoms with Crippen molar-refractivity contribution in [3.8, 4) is 0 Å². The minimum Gasteiger partial charge on any atom is -0.460 e. The van der Waals surface area contributed by atoms with Gasteiger partial charge in [-0.3, -0.25) is 0 Å². The second-order valence-corrected chi connectivity index (χ2v) is 10.5. The highest BCUT2D eigenvalue weighted by molar-refractivity contribution is 6.30. The number of hydrogen-bond donors (Lipinski definition) is 0. The number of furan rings is 1. The highest BCUT2D eigenvalue weighted by Crippen LogP contribution is 2.47. The van der Waals surface area contributed by atoms with E-state index < -0.39 is 19.6 Å². The number of hydrogen-bond acceptors (Lipinski definition) is 1. The number of rotatable bonds is 1. The van der Waals surface area contributed by atoms with Gasteiger partial charge in [-0.2, -0.15) is 0 Å². The van der Waals surface area contributed by atoms with Crippen molar-refractivity contribution >= 4 is 43.4 Å². The lowest BCUT2D eigenvalue weighted by Gasteiger charge is -2.33. The van der Waals surface area contributed by atoms with E-state index in [1.807, 2.05) is 42.8 Å². The van der Waals surface area contributed by atoms with Gasteiger partial charge in [0, 0.05) is 32.3 Å². The predicted octanol–water partition coefficient (Wildman–Crippen LogP) is 8.33. The summed E-state index contributed by atoms with van der Waals surface area (Å²) in [6.07, 6.45) is 4.35. The van der Waals surface area contributed by atoms with Crippen molar-refractivity contribution in [2.24, 2.45) is 12.5 Å². The number of aryl methyl sites for hydroxylation is 4. The Bertz CT molecular complexity index is 1830. The summed E-state index contributed by atoms with van der Waals surface area (Å²) in [5.74, 6) is -0.982. The molecule has 168 valence electrons. The molecule has 0 radical (unpaired) electrons. The number of nitrogens with zero attached hydrogens (tertiary/aromatic N) is 1. The fraction of sp³-hybridized carbons (Fsp3) is 0.387. The molecule has 0 atom stereocenters. The zero-order chi connectivity index (χ0) is 29.0. The molecule has 2 nitrogen and oxygen atoms in total. The Morgan fingerprint density at radius 2 is 1.70 bits per heavy atom. The maximum Gasteiger partial charge on any atom is 0.221 e. The molecule has 6 rings (SSSR count). The zero-order valence-electron chi connectivity index (χ0n) is 26.7. The van der Waals surface area contributed by atoms with Crippen molar-refractivity contribution in [2.75, 3.05) is 0 Å². The van der Waals surface area contributed by atoms with Crippen LogP contribution in [0.1, 0.15) is 77.5 Å². The fourth-order valence-electron chi connectivity index (χ4n) is 5.75. The normalized spacial score (nSPS) is 21.9. The lowest BCUT2D eigenvalue weighted by molar-refractivity contribution is -0.644. The third-order valence-corrected chi connectivity index (χ3v) is 7.76. The van der Waals surface area contributed by atoms with Gasteiger partial charge in [-0.05, 0) is 79.2 Å². The van der Waals surface area contributed by atoms with Gasteiger partial charge in [-0.25, -0.2) is 4.57 Å². The molecule has 1 fully saturated rings. The molecule has 5 aromatic rings. The molecule has 0 saturated heterocycles. The standard InChI is InChI=1S/C31H34NO/c1-18-8-7-9-23-24-11-10-22-20(3)29(21-12-15-31(4,5)16-13-21)33-30(22)27(24)26-19(2)14-17-32(6)28(26)25(18)23/h7-11,14,17,21H,12-13,15-16H2,1-6H3/q+1/i2D3,3D3,21D. The summed E-state index contributed by atoms with van der Waals surface area (Å²) < 4.78 is 68.7. The maximum atomic E-state index is 9.46. The van der Waals surface area contributed by atoms with Crippen LogP contribution in [0.2, 0.25) is 0 Å². The van der Waals surface area contributed by atoms with Crippen molar-refractivity contribution in [3.05, 3.63) is 65.0 Å². The average molecular weight is 444 g/mol. The van der Waals surface area contributed by atoms with E-state index in [2.05, 4.69) is 13.8 Å². The van der Waals surface area contributed by atoms with Gasteiger partial charge < -0.3 is 4.42 Å². The first-order valence-electron chi connectivity index (χ1n) is 15.3. The van der Waals surface area contributed by atoms with E-state index in [9.17, 15) is 1.37 Å². The lowest BCUT2D eigenvalue weighted by atomic mass is 9.72. The van der Waals surface area contributed by atoms with E-state index in [-0.39, 0.29) is 22.3 Å². The highest BCUT2D eigenvalue weighted by atomic mass is 16.3. The third-order valence-electron chi connectivity index (χ3n) is 7.76. The van der Waals surface area contributed by atoms with Crippen LogP contribution >= 0.6 is 0 Å². The number of pyridine rings is 1. The Kier molecular flexibility index (Phi) is 3.08. The Hall–Kier alpha value is -2.87. The van der Waals surface area contributed by atoms with E-state index in [1.165, 1.54) is 0 Å². The first-order valence-corrected chi connectivity index (χ1v) is 11.8. The zero-order valence-corrected chi connectivity index (χ0v) is 19.7. The molecule has 3 aromatic carbocycles. The first kappa shape index (κ1) is 14.4. The van der Waals surface area contributed by atoms with Crippen LogP contribution in [0, 0.1) is 26.0 Å². The SMILES string of the molecule is [2H]C([2H])([2H])c1c(C2([2H])CCC(C)(C)CC2)oc2c1ccc1c3cccc(C)c3c3c(c(C([2H])([2H])[2H])cc[n+]3C)c12. The van der Waals surface area contributed by atoms with E-state index >= 15 is 0 Å². The topological polar surface area (TPSA) is 17.0 Å². The molecule has 1 aliphatic carbocycles. The molecular weight excluding hydrogens is 402 g/mol. The van der Waals surface area contributed by atoms with Crippen LogP contribution in [0.4, 0.5) is 0 Å². The van der Waals surface area contributed by atoms with Gasteiger partial charge in [0.05, 0.1) is 10.8 Å². The van der Waals surface area contributed by atoms with Gasteiger partial charge in [0.1, 0.15) is 18.4 Å². The van der Waals surface area contributed by atoms with Gasteiger partial charge in [0.25, 0.3) is 0 Å². The monoisotopic (exact) mass is 443 g/mol. The second-order valence-electron chi connectivity index (χ2n) is 10.5. The molecule has 2 aromatic heterocycles. The van der Waals surface area contributed by atoms with Crippen molar-refractivity contribution in [3.63, 3.8) is 0 Å². The van der Waals surface area contributed by atoms with Crippen LogP contribution in [-0.2, 0) is 7.05 Å². The van der Waals surface area contributed by atoms with Gasteiger partial charge in [0.15, 0.2) is 6.20 Å². The molecular formula is C31H34NO+. The smallest absolute Gasteiger partial charge is 0.221 e. The number of aromatic nitrogens is 1. The quantitative estimate of drug-likeness (QED) is 0.188. The molecule has 1 aliphatic rings. The first-order chi connectivity index (χ1) is 18.5. The summed E-state index contributed by atoms with van der Waals surface area (Å²) in [4.78, 5) is 0. The third kappa shape index (κ3) is 2.96. The predicted molar refractivity (Wildman–Crippen MR) is 139 cm³/mol. The summed E-state index contributed by atoms with van der Waals surface area (Å²) in [6, 6.07) is 11.3. The largest absolute Gasteiger partial charge is 0.460 e. The van der Waals surface area contributed by atoms with Crippen LogP contribution in [-0.4, -0.2) is 0 Å². The summed E-state index contributed by atoms with van der Waals surface area (Å²) in [5.41, 5.74) is 2.47. The van der Waals surface area contributed by atoms with Crippen LogP contribution in [0.15, 0.2) is 47.0 Å². The van der Waals surface area contributed by atoms with E-state index in [1.54, 1.807) is 18.3 Å². The van der Waals surface area contributed by atoms with Crippen molar-refractivity contribution in [1.29, 1.82) is 0 Å². The van der Waals surface area contributed by atoms with Crippen LogP contribution in [0.5, 0.6) is 0 Å². The Labute approximate surface area is 206 Å². The van der Waals surface area contributed by atoms with E-state index in [0.29, 0.717) is 34.6 Å². The lowest BCUT2D eigenvalue weighted by Crippen LogP contribution is -2.28. The van der Waals surface area contributed by atoms with Crippen LogP contribution in [0.25, 0.3) is 43.4 Å². The van der Waals surface area contributed by atoms with Crippen molar-refractivity contribution in [1.82, 2.24) is 0 Å².